The number of carbonyl (C=O) groups excluding carboxylic acids is 2. The lowest BCUT2D eigenvalue weighted by Gasteiger charge is -2.18. The number of amides is 2. The van der Waals surface area contributed by atoms with Crippen molar-refractivity contribution in [2.24, 2.45) is 11.5 Å². The largest absolute Gasteiger partial charge is 0.368 e. The first-order valence-corrected chi connectivity index (χ1v) is 5.80. The van der Waals surface area contributed by atoms with E-state index in [0.29, 0.717) is 17.7 Å². The number of nitrogens with two attached hydrogens (primary N) is 2. The SMILES string of the molecule is CCN(CC(N)=O)C(=O)c1cncc(C#CCN)c1. The zero-order valence-corrected chi connectivity index (χ0v) is 10.7. The van der Waals surface area contributed by atoms with Gasteiger partial charge in [0.25, 0.3) is 5.91 Å². The average Bonchev–Trinajstić information content (AvgIpc) is 2.41. The average molecular weight is 260 g/mol. The predicted molar refractivity (Wildman–Crippen MR) is 70.9 cm³/mol. The van der Waals surface area contributed by atoms with Gasteiger partial charge in [-0.05, 0) is 13.0 Å². The first-order valence-electron chi connectivity index (χ1n) is 5.80. The molecule has 0 bridgehead atoms. The molecule has 0 saturated carbocycles. The molecule has 0 atom stereocenters. The van der Waals surface area contributed by atoms with Gasteiger partial charge in [-0.2, -0.15) is 0 Å². The molecule has 2 amide bonds. The number of aromatic nitrogens is 1. The van der Waals surface area contributed by atoms with Crippen LogP contribution in [0.1, 0.15) is 22.8 Å². The van der Waals surface area contributed by atoms with Gasteiger partial charge in [-0.15, -0.1) is 0 Å². The third kappa shape index (κ3) is 4.41. The van der Waals surface area contributed by atoms with Crippen molar-refractivity contribution < 1.29 is 9.59 Å². The van der Waals surface area contributed by atoms with Crippen molar-refractivity contribution in [1.82, 2.24) is 9.88 Å². The number of carbonyl (C=O) groups is 2. The van der Waals surface area contributed by atoms with Crippen LogP contribution in [0.5, 0.6) is 0 Å². The third-order valence-corrected chi connectivity index (χ3v) is 2.34. The predicted octanol–water partition coefficient (Wildman–Crippen LogP) is -0.661. The molecule has 0 aliphatic carbocycles. The van der Waals surface area contributed by atoms with E-state index in [1.165, 1.54) is 11.1 Å². The molecule has 1 rings (SSSR count). The van der Waals surface area contributed by atoms with Crippen LogP contribution in [0.2, 0.25) is 0 Å². The molecule has 6 nitrogen and oxygen atoms in total. The summed E-state index contributed by atoms with van der Waals surface area (Å²) in [5.41, 5.74) is 11.3. The highest BCUT2D eigenvalue weighted by Crippen LogP contribution is 2.06. The Balaban J connectivity index is 2.95. The molecule has 0 aromatic carbocycles. The van der Waals surface area contributed by atoms with E-state index in [1.54, 1.807) is 19.2 Å². The summed E-state index contributed by atoms with van der Waals surface area (Å²) in [6.07, 6.45) is 2.98. The lowest BCUT2D eigenvalue weighted by molar-refractivity contribution is -0.118. The third-order valence-electron chi connectivity index (χ3n) is 2.34. The number of pyridine rings is 1. The molecule has 0 unspecified atom stereocenters. The second kappa shape index (κ2) is 7.13. The highest BCUT2D eigenvalue weighted by molar-refractivity contribution is 5.96. The first-order chi connectivity index (χ1) is 9.08. The first kappa shape index (κ1) is 14.7. The topological polar surface area (TPSA) is 102 Å². The van der Waals surface area contributed by atoms with Crippen LogP contribution in [0.3, 0.4) is 0 Å². The van der Waals surface area contributed by atoms with E-state index in [2.05, 4.69) is 16.8 Å². The van der Waals surface area contributed by atoms with Gasteiger partial charge >= 0.3 is 0 Å². The Morgan fingerprint density at radius 1 is 1.42 bits per heavy atom. The number of primary amides is 1. The second-order valence-electron chi connectivity index (χ2n) is 3.75. The van der Waals surface area contributed by atoms with Crippen LogP contribution in [0, 0.1) is 11.8 Å². The fourth-order valence-electron chi connectivity index (χ4n) is 1.48. The van der Waals surface area contributed by atoms with Gasteiger partial charge in [0.05, 0.1) is 18.7 Å². The quantitative estimate of drug-likeness (QED) is 0.701. The summed E-state index contributed by atoms with van der Waals surface area (Å²) in [5.74, 6) is 4.63. The second-order valence-corrected chi connectivity index (χ2v) is 3.75. The molecule has 4 N–H and O–H groups in total. The zero-order chi connectivity index (χ0) is 14.3. The number of hydrogen-bond acceptors (Lipinski definition) is 4. The van der Waals surface area contributed by atoms with E-state index in [-0.39, 0.29) is 19.0 Å². The van der Waals surface area contributed by atoms with Gasteiger partial charge in [0, 0.05) is 24.5 Å². The molecule has 0 spiro atoms. The maximum absolute atomic E-state index is 12.1. The highest BCUT2D eigenvalue weighted by Gasteiger charge is 2.16. The molecule has 1 aromatic rings. The van der Waals surface area contributed by atoms with Crippen molar-refractivity contribution in [2.75, 3.05) is 19.6 Å². The van der Waals surface area contributed by atoms with Crippen LogP contribution in [-0.4, -0.2) is 41.3 Å². The lowest BCUT2D eigenvalue weighted by atomic mass is 10.2. The number of nitrogens with zero attached hydrogens (tertiary/aromatic N) is 2. The molecule has 0 radical (unpaired) electrons. The lowest BCUT2D eigenvalue weighted by Crippen LogP contribution is -2.38. The van der Waals surface area contributed by atoms with Gasteiger partial charge in [-0.1, -0.05) is 11.8 Å². The molecule has 6 heteroatoms. The van der Waals surface area contributed by atoms with E-state index < -0.39 is 5.91 Å². The van der Waals surface area contributed by atoms with E-state index >= 15 is 0 Å². The highest BCUT2D eigenvalue weighted by atomic mass is 16.2. The Kier molecular flexibility index (Phi) is 5.51. The van der Waals surface area contributed by atoms with Crippen LogP contribution in [0.25, 0.3) is 0 Å². The molecule has 0 aliphatic rings. The minimum Gasteiger partial charge on any atom is -0.368 e. The van der Waals surface area contributed by atoms with Gasteiger partial charge < -0.3 is 16.4 Å². The van der Waals surface area contributed by atoms with Gasteiger partial charge in [0.15, 0.2) is 0 Å². The molecule has 1 heterocycles. The van der Waals surface area contributed by atoms with E-state index in [4.69, 9.17) is 11.5 Å². The summed E-state index contributed by atoms with van der Waals surface area (Å²) in [6.45, 7) is 2.28. The summed E-state index contributed by atoms with van der Waals surface area (Å²) < 4.78 is 0. The van der Waals surface area contributed by atoms with E-state index in [9.17, 15) is 9.59 Å². The van der Waals surface area contributed by atoms with Crippen molar-refractivity contribution in [1.29, 1.82) is 0 Å². The zero-order valence-electron chi connectivity index (χ0n) is 10.7. The van der Waals surface area contributed by atoms with Gasteiger partial charge in [-0.3, -0.25) is 14.6 Å². The summed E-state index contributed by atoms with van der Waals surface area (Å²) in [7, 11) is 0. The van der Waals surface area contributed by atoms with Crippen LogP contribution in [-0.2, 0) is 4.79 Å². The van der Waals surface area contributed by atoms with Crippen LogP contribution < -0.4 is 11.5 Å². The van der Waals surface area contributed by atoms with Crippen molar-refractivity contribution >= 4 is 11.8 Å². The van der Waals surface area contributed by atoms with Crippen LogP contribution in [0.15, 0.2) is 18.5 Å². The normalized spacial score (nSPS) is 9.37. The smallest absolute Gasteiger partial charge is 0.255 e. The van der Waals surface area contributed by atoms with Gasteiger partial charge in [0.1, 0.15) is 0 Å². The molecule has 100 valence electrons. The molecular formula is C13H16N4O2. The summed E-state index contributed by atoms with van der Waals surface area (Å²) in [6, 6.07) is 1.61. The monoisotopic (exact) mass is 260 g/mol. The number of hydrogen-bond donors (Lipinski definition) is 2. The maximum Gasteiger partial charge on any atom is 0.255 e. The Morgan fingerprint density at radius 2 is 2.16 bits per heavy atom. The maximum atomic E-state index is 12.1. The van der Waals surface area contributed by atoms with Gasteiger partial charge in [-0.25, -0.2) is 0 Å². The number of rotatable bonds is 4. The molecule has 0 fully saturated rings. The Bertz CT molecular complexity index is 531. The Labute approximate surface area is 111 Å². The van der Waals surface area contributed by atoms with Crippen LogP contribution in [0.4, 0.5) is 0 Å². The summed E-state index contributed by atoms with van der Waals surface area (Å²) in [5, 5.41) is 0. The standard InChI is InChI=1S/C13H16N4O2/c1-2-17(9-12(15)18)13(19)11-6-10(4-3-5-14)7-16-8-11/h6-8H,2,5,9,14H2,1H3,(H2,15,18). The molecule has 1 aromatic heterocycles. The molecule has 0 aliphatic heterocycles. The Morgan fingerprint density at radius 3 is 2.74 bits per heavy atom. The van der Waals surface area contributed by atoms with Gasteiger partial charge in [0.2, 0.25) is 5.91 Å². The van der Waals surface area contributed by atoms with Crippen molar-refractivity contribution in [3.8, 4) is 11.8 Å². The molecule has 0 saturated heterocycles. The fourth-order valence-corrected chi connectivity index (χ4v) is 1.48. The minimum absolute atomic E-state index is 0.117. The Hall–Kier alpha value is -2.39. The van der Waals surface area contributed by atoms with Crippen molar-refractivity contribution in [3.63, 3.8) is 0 Å². The summed E-state index contributed by atoms with van der Waals surface area (Å²) in [4.78, 5) is 28.3. The van der Waals surface area contributed by atoms with Crippen molar-refractivity contribution in [3.05, 3.63) is 29.6 Å². The molecular weight excluding hydrogens is 244 g/mol. The number of likely N-dealkylation sites (N-methyl/N-ethyl adjacent to an activating group) is 1. The summed E-state index contributed by atoms with van der Waals surface area (Å²) >= 11 is 0. The minimum atomic E-state index is -0.553. The van der Waals surface area contributed by atoms with E-state index in [1.807, 2.05) is 0 Å². The van der Waals surface area contributed by atoms with Crippen molar-refractivity contribution in [2.45, 2.75) is 6.92 Å². The van der Waals surface area contributed by atoms with Crippen LogP contribution >= 0.6 is 0 Å². The fraction of sp³-hybridized carbons (Fsp3) is 0.308. The molecule has 19 heavy (non-hydrogen) atoms. The van der Waals surface area contributed by atoms with E-state index in [0.717, 1.165) is 0 Å².